The van der Waals surface area contributed by atoms with E-state index in [1.54, 1.807) is 18.2 Å². The number of methoxy groups -OCH3 is 1. The van der Waals surface area contributed by atoms with Crippen molar-refractivity contribution in [1.29, 1.82) is 0 Å². The van der Waals surface area contributed by atoms with Gasteiger partial charge in [-0.25, -0.2) is 0 Å². The summed E-state index contributed by atoms with van der Waals surface area (Å²) in [6.07, 6.45) is 0.278. The standard InChI is InChI=1S/C14H20ClNO2/c1-14(2,3)13(16)8-11(17)10-7-9(15)5-6-12(10)18-4/h5-7,13H,8,16H2,1-4H3. The minimum Gasteiger partial charge on any atom is -0.496 e. The molecule has 1 rings (SSSR count). The molecule has 0 aliphatic carbocycles. The molecule has 0 fully saturated rings. The lowest BCUT2D eigenvalue weighted by molar-refractivity contribution is 0.0950. The van der Waals surface area contributed by atoms with E-state index in [9.17, 15) is 4.79 Å². The van der Waals surface area contributed by atoms with Crippen molar-refractivity contribution < 1.29 is 9.53 Å². The summed E-state index contributed by atoms with van der Waals surface area (Å²) < 4.78 is 5.17. The van der Waals surface area contributed by atoms with Crippen molar-refractivity contribution in [2.45, 2.75) is 33.2 Å². The molecule has 1 unspecified atom stereocenters. The van der Waals surface area contributed by atoms with Gasteiger partial charge in [0, 0.05) is 17.5 Å². The fourth-order valence-corrected chi connectivity index (χ4v) is 1.69. The van der Waals surface area contributed by atoms with Crippen LogP contribution in [-0.4, -0.2) is 18.9 Å². The monoisotopic (exact) mass is 269 g/mol. The van der Waals surface area contributed by atoms with Crippen molar-refractivity contribution in [2.24, 2.45) is 11.1 Å². The second kappa shape index (κ2) is 5.72. The lowest BCUT2D eigenvalue weighted by Crippen LogP contribution is -2.37. The molecule has 1 aromatic rings. The van der Waals surface area contributed by atoms with Crippen molar-refractivity contribution in [1.82, 2.24) is 0 Å². The van der Waals surface area contributed by atoms with E-state index >= 15 is 0 Å². The molecule has 0 aliphatic heterocycles. The number of Topliss-reactive ketones (excluding diaryl/α,β-unsaturated/α-hetero) is 1. The molecule has 0 saturated heterocycles. The quantitative estimate of drug-likeness (QED) is 0.854. The smallest absolute Gasteiger partial charge is 0.168 e. The van der Waals surface area contributed by atoms with Crippen LogP contribution in [0.1, 0.15) is 37.6 Å². The third kappa shape index (κ3) is 3.72. The minimum atomic E-state index is -0.200. The Morgan fingerprint density at radius 1 is 1.44 bits per heavy atom. The molecular formula is C14H20ClNO2. The number of carbonyl (C=O) groups is 1. The molecule has 100 valence electrons. The average Bonchev–Trinajstić information content (AvgIpc) is 2.27. The number of carbonyl (C=O) groups excluding carboxylic acids is 1. The summed E-state index contributed by atoms with van der Waals surface area (Å²) in [6, 6.07) is 4.81. The van der Waals surface area contributed by atoms with Gasteiger partial charge in [0.05, 0.1) is 12.7 Å². The summed E-state index contributed by atoms with van der Waals surface area (Å²) in [4.78, 5) is 12.2. The van der Waals surface area contributed by atoms with Crippen LogP contribution in [0.15, 0.2) is 18.2 Å². The Morgan fingerprint density at radius 2 is 2.06 bits per heavy atom. The summed E-state index contributed by atoms with van der Waals surface area (Å²) in [7, 11) is 1.53. The fraction of sp³-hybridized carbons (Fsp3) is 0.500. The Bertz CT molecular complexity index is 438. The number of hydrogen-bond donors (Lipinski definition) is 1. The van der Waals surface area contributed by atoms with Crippen LogP contribution in [0.25, 0.3) is 0 Å². The number of halogens is 1. The van der Waals surface area contributed by atoms with Crippen LogP contribution in [0.5, 0.6) is 5.75 Å². The van der Waals surface area contributed by atoms with E-state index in [0.717, 1.165) is 0 Å². The van der Waals surface area contributed by atoms with Crippen LogP contribution >= 0.6 is 11.6 Å². The molecule has 18 heavy (non-hydrogen) atoms. The predicted octanol–water partition coefficient (Wildman–Crippen LogP) is 3.29. The van der Waals surface area contributed by atoms with E-state index in [1.165, 1.54) is 7.11 Å². The summed E-state index contributed by atoms with van der Waals surface area (Å²) in [5.74, 6) is 0.488. The average molecular weight is 270 g/mol. The van der Waals surface area contributed by atoms with Gasteiger partial charge in [0.1, 0.15) is 5.75 Å². The second-order valence-corrected chi connectivity index (χ2v) is 5.88. The lowest BCUT2D eigenvalue weighted by atomic mass is 9.83. The van der Waals surface area contributed by atoms with E-state index in [2.05, 4.69) is 0 Å². The van der Waals surface area contributed by atoms with Crippen molar-refractivity contribution in [2.75, 3.05) is 7.11 Å². The Morgan fingerprint density at radius 3 is 2.56 bits per heavy atom. The molecule has 0 spiro atoms. The number of rotatable bonds is 4. The Balaban J connectivity index is 2.94. The summed E-state index contributed by atoms with van der Waals surface area (Å²) >= 11 is 5.91. The SMILES string of the molecule is COc1ccc(Cl)cc1C(=O)CC(N)C(C)(C)C. The summed E-state index contributed by atoms with van der Waals surface area (Å²) in [5.41, 5.74) is 6.40. The van der Waals surface area contributed by atoms with Crippen LogP contribution in [-0.2, 0) is 0 Å². The molecule has 0 aliphatic rings. The highest BCUT2D eigenvalue weighted by Crippen LogP contribution is 2.27. The van der Waals surface area contributed by atoms with Crippen LogP contribution < -0.4 is 10.5 Å². The maximum Gasteiger partial charge on any atom is 0.168 e. The van der Waals surface area contributed by atoms with Crippen molar-refractivity contribution in [3.05, 3.63) is 28.8 Å². The first-order valence-electron chi connectivity index (χ1n) is 5.88. The number of benzene rings is 1. The van der Waals surface area contributed by atoms with Gasteiger partial charge in [0.15, 0.2) is 5.78 Å². The van der Waals surface area contributed by atoms with E-state index in [0.29, 0.717) is 16.3 Å². The van der Waals surface area contributed by atoms with E-state index < -0.39 is 0 Å². The molecule has 1 aromatic carbocycles. The summed E-state index contributed by atoms with van der Waals surface area (Å²) in [5, 5.41) is 0.517. The van der Waals surface area contributed by atoms with Crippen LogP contribution in [0.2, 0.25) is 5.02 Å². The predicted molar refractivity (Wildman–Crippen MR) is 74.4 cm³/mol. The van der Waals surface area contributed by atoms with E-state index in [1.807, 2.05) is 20.8 Å². The van der Waals surface area contributed by atoms with Gasteiger partial charge in [-0.15, -0.1) is 0 Å². The molecule has 4 heteroatoms. The van der Waals surface area contributed by atoms with Gasteiger partial charge in [0.25, 0.3) is 0 Å². The zero-order valence-electron chi connectivity index (χ0n) is 11.3. The summed E-state index contributed by atoms with van der Waals surface area (Å²) in [6.45, 7) is 6.04. The molecule has 2 N–H and O–H groups in total. The molecule has 1 atom stereocenters. The maximum absolute atomic E-state index is 12.2. The van der Waals surface area contributed by atoms with Gasteiger partial charge in [-0.2, -0.15) is 0 Å². The number of hydrogen-bond acceptors (Lipinski definition) is 3. The largest absolute Gasteiger partial charge is 0.496 e. The molecule has 0 bridgehead atoms. The minimum absolute atomic E-state index is 0.0447. The Labute approximate surface area is 113 Å². The topological polar surface area (TPSA) is 52.3 Å². The van der Waals surface area contributed by atoms with Crippen LogP contribution in [0, 0.1) is 5.41 Å². The van der Waals surface area contributed by atoms with Gasteiger partial charge < -0.3 is 10.5 Å². The van der Waals surface area contributed by atoms with E-state index in [4.69, 9.17) is 22.1 Å². The van der Waals surface area contributed by atoms with Gasteiger partial charge in [-0.3, -0.25) is 4.79 Å². The van der Waals surface area contributed by atoms with Gasteiger partial charge in [0.2, 0.25) is 0 Å². The van der Waals surface area contributed by atoms with Crippen LogP contribution in [0.3, 0.4) is 0 Å². The van der Waals surface area contributed by atoms with Crippen molar-refractivity contribution in [3.8, 4) is 5.75 Å². The first kappa shape index (κ1) is 15.0. The highest BCUT2D eigenvalue weighted by molar-refractivity contribution is 6.31. The fourth-order valence-electron chi connectivity index (χ4n) is 1.51. The number of ketones is 1. The first-order chi connectivity index (χ1) is 8.25. The van der Waals surface area contributed by atoms with Crippen molar-refractivity contribution >= 4 is 17.4 Å². The Kier molecular flexibility index (Phi) is 4.77. The zero-order chi connectivity index (χ0) is 13.9. The lowest BCUT2D eigenvalue weighted by Gasteiger charge is -2.26. The van der Waals surface area contributed by atoms with Gasteiger partial charge in [-0.1, -0.05) is 32.4 Å². The first-order valence-corrected chi connectivity index (χ1v) is 6.26. The molecule has 0 aromatic heterocycles. The molecule has 0 heterocycles. The van der Waals surface area contributed by atoms with Crippen LogP contribution in [0.4, 0.5) is 0 Å². The third-order valence-electron chi connectivity index (χ3n) is 2.98. The normalized spacial score (nSPS) is 13.2. The van der Waals surface area contributed by atoms with Gasteiger partial charge in [-0.05, 0) is 23.6 Å². The molecule has 3 nitrogen and oxygen atoms in total. The highest BCUT2D eigenvalue weighted by Gasteiger charge is 2.25. The van der Waals surface area contributed by atoms with Crippen molar-refractivity contribution in [3.63, 3.8) is 0 Å². The maximum atomic E-state index is 12.2. The molecule has 0 radical (unpaired) electrons. The number of ether oxygens (including phenoxy) is 1. The molecule has 0 saturated carbocycles. The van der Waals surface area contributed by atoms with Gasteiger partial charge >= 0.3 is 0 Å². The Hall–Kier alpha value is -1.06. The number of nitrogens with two attached hydrogens (primary N) is 1. The molecular weight excluding hydrogens is 250 g/mol. The highest BCUT2D eigenvalue weighted by atomic mass is 35.5. The van der Waals surface area contributed by atoms with E-state index in [-0.39, 0.29) is 23.7 Å². The molecule has 0 amide bonds. The second-order valence-electron chi connectivity index (χ2n) is 5.44. The third-order valence-corrected chi connectivity index (χ3v) is 3.21. The zero-order valence-corrected chi connectivity index (χ0v) is 12.0.